The van der Waals surface area contributed by atoms with Gasteiger partial charge in [0.15, 0.2) is 0 Å². The number of nitrogens with zero attached hydrogens (tertiary/aromatic N) is 2. The van der Waals surface area contributed by atoms with Crippen LogP contribution in [0.5, 0.6) is 5.75 Å². The van der Waals surface area contributed by atoms with Gasteiger partial charge < -0.3 is 4.74 Å². The number of halogens is 3. The van der Waals surface area contributed by atoms with Crippen LogP contribution in [0.15, 0.2) is 72.9 Å². The zero-order valence-electron chi connectivity index (χ0n) is 16.2. The molecule has 0 amide bonds. The highest BCUT2D eigenvalue weighted by Gasteiger charge is 2.32. The van der Waals surface area contributed by atoms with Crippen molar-refractivity contribution in [3.63, 3.8) is 0 Å². The smallest absolute Gasteiger partial charge is 0.405 e. The van der Waals surface area contributed by atoms with Gasteiger partial charge in [-0.3, -0.25) is 9.88 Å². The Hall–Kier alpha value is -2.86. The molecule has 2 aromatic carbocycles. The largest absolute Gasteiger partial charge is 0.573 e. The Bertz CT molecular complexity index is 896. The van der Waals surface area contributed by atoms with Gasteiger partial charge in [-0.05, 0) is 49.2 Å². The maximum atomic E-state index is 12.6. The minimum atomic E-state index is -4.69. The Morgan fingerprint density at radius 3 is 2.21 bits per heavy atom. The lowest BCUT2D eigenvalue weighted by atomic mass is 10.1. The Kier molecular flexibility index (Phi) is 6.88. The highest BCUT2D eigenvalue weighted by atomic mass is 19.4. The topological polar surface area (TPSA) is 25.4 Å². The molecule has 3 rings (SSSR count). The van der Waals surface area contributed by atoms with Gasteiger partial charge in [-0.2, -0.15) is 0 Å². The first-order chi connectivity index (χ1) is 13.9. The minimum Gasteiger partial charge on any atom is -0.405 e. The molecular formula is C23H23F3N2O. The van der Waals surface area contributed by atoms with Crippen molar-refractivity contribution < 1.29 is 17.9 Å². The molecule has 152 valence electrons. The van der Waals surface area contributed by atoms with E-state index in [1.54, 1.807) is 18.3 Å². The molecule has 0 saturated carbocycles. The second-order valence-electron chi connectivity index (χ2n) is 6.97. The summed E-state index contributed by atoms with van der Waals surface area (Å²) in [6.45, 7) is 0.981. The quantitative estimate of drug-likeness (QED) is 0.506. The van der Waals surface area contributed by atoms with Gasteiger partial charge in [0.05, 0.1) is 0 Å². The number of aryl methyl sites for hydroxylation is 2. The van der Waals surface area contributed by atoms with Gasteiger partial charge >= 0.3 is 6.36 Å². The third-order valence-corrected chi connectivity index (χ3v) is 4.51. The summed E-state index contributed by atoms with van der Waals surface area (Å²) in [6.07, 6.45) is -1.10. The lowest BCUT2D eigenvalue weighted by Crippen LogP contribution is -2.21. The molecule has 0 aliphatic heterocycles. The molecule has 1 heterocycles. The number of para-hydroxylation sites is 1. The summed E-state index contributed by atoms with van der Waals surface area (Å²) in [6, 6.07) is 20.4. The molecule has 0 bridgehead atoms. The summed E-state index contributed by atoms with van der Waals surface area (Å²) in [4.78, 5) is 6.29. The van der Waals surface area contributed by atoms with E-state index in [1.807, 2.05) is 30.1 Å². The van der Waals surface area contributed by atoms with Crippen molar-refractivity contribution in [3.05, 3.63) is 95.3 Å². The van der Waals surface area contributed by atoms with Crippen LogP contribution in [0.1, 0.15) is 22.4 Å². The first kappa shape index (κ1) is 20.9. The number of aromatic nitrogens is 1. The highest BCUT2D eigenvalue weighted by molar-refractivity contribution is 5.33. The van der Waals surface area contributed by atoms with Gasteiger partial charge in [0, 0.05) is 30.5 Å². The first-order valence-corrected chi connectivity index (χ1v) is 9.39. The van der Waals surface area contributed by atoms with Crippen molar-refractivity contribution in [3.8, 4) is 5.75 Å². The number of pyridine rings is 1. The maximum Gasteiger partial charge on any atom is 0.573 e. The number of alkyl halides is 3. The van der Waals surface area contributed by atoms with Crippen LogP contribution in [-0.4, -0.2) is 23.3 Å². The van der Waals surface area contributed by atoms with E-state index in [1.165, 1.54) is 17.7 Å². The predicted molar refractivity (Wildman–Crippen MR) is 106 cm³/mol. The Balaban J connectivity index is 1.55. The number of ether oxygens (including phenoxy) is 1. The van der Waals surface area contributed by atoms with Crippen LogP contribution < -0.4 is 4.74 Å². The molecule has 0 aliphatic rings. The van der Waals surface area contributed by atoms with E-state index in [9.17, 15) is 13.2 Å². The van der Waals surface area contributed by atoms with Crippen LogP contribution in [0.4, 0.5) is 13.2 Å². The van der Waals surface area contributed by atoms with Crippen molar-refractivity contribution in [2.75, 3.05) is 7.05 Å². The molecule has 0 fully saturated rings. The Morgan fingerprint density at radius 2 is 1.52 bits per heavy atom. The van der Waals surface area contributed by atoms with E-state index in [0.717, 1.165) is 24.1 Å². The molecule has 0 radical (unpaired) electrons. The summed E-state index contributed by atoms with van der Waals surface area (Å²) in [5.74, 6) is -0.156. The number of hydrogen-bond donors (Lipinski definition) is 0. The van der Waals surface area contributed by atoms with Crippen molar-refractivity contribution in [2.45, 2.75) is 32.3 Å². The molecule has 0 saturated heterocycles. The van der Waals surface area contributed by atoms with Crippen molar-refractivity contribution >= 4 is 0 Å². The predicted octanol–water partition coefficient (Wildman–Crippen LogP) is 5.40. The zero-order chi connectivity index (χ0) is 20.7. The lowest BCUT2D eigenvalue weighted by molar-refractivity contribution is -0.275. The summed E-state index contributed by atoms with van der Waals surface area (Å²) in [5, 5.41) is 0. The fraction of sp³-hybridized carbons (Fsp3) is 0.261. The second kappa shape index (κ2) is 9.56. The monoisotopic (exact) mass is 400 g/mol. The van der Waals surface area contributed by atoms with Crippen LogP contribution in [0.3, 0.4) is 0 Å². The molecule has 0 spiro atoms. The molecule has 0 aliphatic carbocycles. The van der Waals surface area contributed by atoms with Crippen molar-refractivity contribution in [2.24, 2.45) is 0 Å². The average molecular weight is 400 g/mol. The Morgan fingerprint density at radius 1 is 0.828 bits per heavy atom. The van der Waals surface area contributed by atoms with E-state index < -0.39 is 6.36 Å². The minimum absolute atomic E-state index is 0.156. The number of hydrogen-bond acceptors (Lipinski definition) is 3. The normalized spacial score (nSPS) is 11.6. The fourth-order valence-electron chi connectivity index (χ4n) is 3.15. The van der Waals surface area contributed by atoms with Gasteiger partial charge in [0.25, 0.3) is 0 Å². The molecule has 3 aromatic rings. The van der Waals surface area contributed by atoms with Crippen LogP contribution in [-0.2, 0) is 25.9 Å². The van der Waals surface area contributed by atoms with E-state index in [0.29, 0.717) is 18.7 Å². The molecule has 3 nitrogen and oxygen atoms in total. The van der Waals surface area contributed by atoms with E-state index in [-0.39, 0.29) is 5.75 Å². The van der Waals surface area contributed by atoms with Gasteiger partial charge in [-0.1, -0.05) is 48.5 Å². The van der Waals surface area contributed by atoms with Crippen molar-refractivity contribution in [1.29, 1.82) is 0 Å². The molecule has 29 heavy (non-hydrogen) atoms. The van der Waals surface area contributed by atoms with Crippen LogP contribution in [0, 0.1) is 0 Å². The molecule has 6 heteroatoms. The Labute approximate surface area is 168 Å². The third-order valence-electron chi connectivity index (χ3n) is 4.51. The van der Waals surface area contributed by atoms with Crippen LogP contribution >= 0.6 is 0 Å². The average Bonchev–Trinajstić information content (AvgIpc) is 2.69. The van der Waals surface area contributed by atoms with Gasteiger partial charge in [0.2, 0.25) is 0 Å². The number of rotatable bonds is 8. The highest BCUT2D eigenvalue weighted by Crippen LogP contribution is 2.27. The van der Waals surface area contributed by atoms with Crippen molar-refractivity contribution in [1.82, 2.24) is 9.88 Å². The number of benzene rings is 2. The fourth-order valence-corrected chi connectivity index (χ4v) is 3.15. The van der Waals surface area contributed by atoms with E-state index >= 15 is 0 Å². The maximum absolute atomic E-state index is 12.6. The summed E-state index contributed by atoms with van der Waals surface area (Å²) < 4.78 is 41.9. The molecule has 0 N–H and O–H groups in total. The van der Waals surface area contributed by atoms with Gasteiger partial charge in [-0.15, -0.1) is 13.2 Å². The second-order valence-corrected chi connectivity index (χ2v) is 6.97. The van der Waals surface area contributed by atoms with E-state index in [4.69, 9.17) is 0 Å². The van der Waals surface area contributed by atoms with Gasteiger partial charge in [-0.25, -0.2) is 0 Å². The molecule has 0 unspecified atom stereocenters. The lowest BCUT2D eigenvalue weighted by Gasteiger charge is -2.19. The van der Waals surface area contributed by atoms with Gasteiger partial charge in [0.1, 0.15) is 5.75 Å². The third kappa shape index (κ3) is 6.91. The van der Waals surface area contributed by atoms with Crippen LogP contribution in [0.2, 0.25) is 0 Å². The molecule has 0 atom stereocenters. The van der Waals surface area contributed by atoms with Crippen LogP contribution in [0.25, 0.3) is 0 Å². The SMILES string of the molecule is CN(Cc1ccc(CCc2ccccn2)cc1)Cc1ccccc1OC(F)(F)F. The summed E-state index contributed by atoms with van der Waals surface area (Å²) in [7, 11) is 1.87. The molecule has 1 aromatic heterocycles. The first-order valence-electron chi connectivity index (χ1n) is 9.39. The summed E-state index contributed by atoms with van der Waals surface area (Å²) >= 11 is 0. The summed E-state index contributed by atoms with van der Waals surface area (Å²) in [5.41, 5.74) is 3.89. The molecular weight excluding hydrogens is 377 g/mol. The standard InChI is InChI=1S/C23H23F3N2O/c1-28(17-20-6-2-3-8-22(20)29-23(24,25)26)16-19-11-9-18(10-12-19)13-14-21-7-4-5-15-27-21/h2-12,15H,13-14,16-17H2,1H3. The van der Waals surface area contributed by atoms with E-state index in [2.05, 4.69) is 34.0 Å². The zero-order valence-corrected chi connectivity index (χ0v) is 16.2.